The fourth-order valence-electron chi connectivity index (χ4n) is 2.43. The van der Waals surface area contributed by atoms with Gasteiger partial charge in [-0.15, -0.1) is 11.3 Å². The van der Waals surface area contributed by atoms with Crippen LogP contribution in [0.5, 0.6) is 0 Å². The maximum atomic E-state index is 12.4. The van der Waals surface area contributed by atoms with Gasteiger partial charge in [-0.2, -0.15) is 5.10 Å². The van der Waals surface area contributed by atoms with Crippen molar-refractivity contribution in [2.45, 2.75) is 19.4 Å². The van der Waals surface area contributed by atoms with Gasteiger partial charge in [0.1, 0.15) is 5.60 Å². The summed E-state index contributed by atoms with van der Waals surface area (Å²) in [5.74, 6) is -0.301. The number of para-hydroxylation sites is 1. The second kappa shape index (κ2) is 6.59. The van der Waals surface area contributed by atoms with E-state index in [-0.39, 0.29) is 12.5 Å². The third-order valence-corrected chi connectivity index (χ3v) is 4.89. The molecule has 1 aromatic carbocycles. The molecular formula is C18H19N3O2S. The normalized spacial score (nSPS) is 13.5. The van der Waals surface area contributed by atoms with Crippen LogP contribution in [0.2, 0.25) is 0 Å². The van der Waals surface area contributed by atoms with E-state index in [0.29, 0.717) is 5.69 Å². The van der Waals surface area contributed by atoms with Crippen molar-refractivity contribution in [3.8, 4) is 5.69 Å². The number of carbonyl (C=O) groups is 1. The van der Waals surface area contributed by atoms with Gasteiger partial charge in [-0.1, -0.05) is 24.3 Å². The van der Waals surface area contributed by atoms with E-state index in [0.717, 1.165) is 16.3 Å². The molecule has 0 saturated heterocycles. The Morgan fingerprint density at radius 2 is 2.04 bits per heavy atom. The van der Waals surface area contributed by atoms with E-state index >= 15 is 0 Å². The van der Waals surface area contributed by atoms with Crippen LogP contribution in [0.1, 0.15) is 28.0 Å². The predicted octanol–water partition coefficient (Wildman–Crippen LogP) is 2.88. The minimum absolute atomic E-state index is 0.129. The van der Waals surface area contributed by atoms with Crippen molar-refractivity contribution in [3.63, 3.8) is 0 Å². The van der Waals surface area contributed by atoms with E-state index in [9.17, 15) is 9.90 Å². The van der Waals surface area contributed by atoms with Crippen molar-refractivity contribution in [2.75, 3.05) is 6.54 Å². The van der Waals surface area contributed by atoms with Gasteiger partial charge in [0.05, 0.1) is 12.2 Å². The number of thiophene rings is 1. The summed E-state index contributed by atoms with van der Waals surface area (Å²) in [6.07, 6.45) is 0. The van der Waals surface area contributed by atoms with Crippen LogP contribution in [0.25, 0.3) is 5.69 Å². The van der Waals surface area contributed by atoms with Gasteiger partial charge >= 0.3 is 0 Å². The molecule has 0 spiro atoms. The molecule has 0 aliphatic heterocycles. The standard InChI is InChI=1S/C18H19N3O2S/c1-13-11-15(20-21(13)14-7-4-3-5-8-14)17(22)19-12-18(2,23)16-9-6-10-24-16/h3-11,23H,12H2,1-2H3,(H,19,22). The molecule has 2 aromatic heterocycles. The minimum Gasteiger partial charge on any atom is -0.383 e. The van der Waals surface area contributed by atoms with Crippen LogP contribution < -0.4 is 5.32 Å². The van der Waals surface area contributed by atoms with Crippen molar-refractivity contribution in [3.05, 3.63) is 70.2 Å². The zero-order chi connectivity index (χ0) is 17.2. The molecule has 0 fully saturated rings. The van der Waals surface area contributed by atoms with Crippen molar-refractivity contribution in [1.82, 2.24) is 15.1 Å². The average molecular weight is 341 g/mol. The van der Waals surface area contributed by atoms with Crippen LogP contribution in [-0.4, -0.2) is 27.3 Å². The first-order chi connectivity index (χ1) is 11.5. The van der Waals surface area contributed by atoms with Crippen LogP contribution in [0, 0.1) is 6.92 Å². The number of amides is 1. The van der Waals surface area contributed by atoms with E-state index in [1.807, 2.05) is 54.8 Å². The molecule has 0 saturated carbocycles. The molecule has 1 unspecified atom stereocenters. The Morgan fingerprint density at radius 1 is 1.29 bits per heavy atom. The Hall–Kier alpha value is -2.44. The molecule has 0 bridgehead atoms. The lowest BCUT2D eigenvalue weighted by molar-refractivity contribution is 0.0555. The highest BCUT2D eigenvalue weighted by Crippen LogP contribution is 2.24. The highest BCUT2D eigenvalue weighted by Gasteiger charge is 2.25. The van der Waals surface area contributed by atoms with E-state index in [1.54, 1.807) is 17.7 Å². The largest absolute Gasteiger partial charge is 0.383 e. The molecule has 0 aliphatic carbocycles. The number of nitrogens with zero attached hydrogens (tertiary/aromatic N) is 2. The second-order valence-corrected chi connectivity index (χ2v) is 6.80. The van der Waals surface area contributed by atoms with E-state index in [4.69, 9.17) is 0 Å². The number of hydrogen-bond acceptors (Lipinski definition) is 4. The lowest BCUT2D eigenvalue weighted by Gasteiger charge is -2.21. The third-order valence-electron chi connectivity index (χ3n) is 3.77. The lowest BCUT2D eigenvalue weighted by Crippen LogP contribution is -2.38. The lowest BCUT2D eigenvalue weighted by atomic mass is 10.1. The molecule has 0 aliphatic rings. The van der Waals surface area contributed by atoms with Crippen LogP contribution in [0.4, 0.5) is 0 Å². The van der Waals surface area contributed by atoms with Gasteiger partial charge in [0.15, 0.2) is 5.69 Å². The van der Waals surface area contributed by atoms with Gasteiger partial charge in [0, 0.05) is 10.6 Å². The summed E-state index contributed by atoms with van der Waals surface area (Å²) in [5.41, 5.74) is 1.01. The van der Waals surface area contributed by atoms with Crippen molar-refractivity contribution in [1.29, 1.82) is 0 Å². The van der Waals surface area contributed by atoms with Gasteiger partial charge in [0.25, 0.3) is 5.91 Å². The highest BCUT2D eigenvalue weighted by molar-refractivity contribution is 7.10. The summed E-state index contributed by atoms with van der Waals surface area (Å²) in [5, 5.41) is 19.5. The SMILES string of the molecule is Cc1cc(C(=O)NCC(C)(O)c2cccs2)nn1-c1ccccc1. The number of aliphatic hydroxyl groups is 1. The Labute approximate surface area is 144 Å². The van der Waals surface area contributed by atoms with Crippen molar-refractivity contribution >= 4 is 17.2 Å². The smallest absolute Gasteiger partial charge is 0.271 e. The van der Waals surface area contributed by atoms with Gasteiger partial charge in [-0.3, -0.25) is 4.79 Å². The summed E-state index contributed by atoms with van der Waals surface area (Å²) in [6, 6.07) is 15.1. The van der Waals surface area contributed by atoms with Gasteiger partial charge in [-0.05, 0) is 43.5 Å². The molecule has 0 radical (unpaired) electrons. The zero-order valence-electron chi connectivity index (χ0n) is 13.6. The molecule has 1 atom stereocenters. The summed E-state index contributed by atoms with van der Waals surface area (Å²) in [7, 11) is 0. The number of aromatic nitrogens is 2. The molecule has 5 nitrogen and oxygen atoms in total. The molecule has 2 N–H and O–H groups in total. The molecule has 3 aromatic rings. The molecule has 2 heterocycles. The number of benzene rings is 1. The summed E-state index contributed by atoms with van der Waals surface area (Å²) >= 11 is 1.46. The van der Waals surface area contributed by atoms with Crippen LogP contribution in [-0.2, 0) is 5.60 Å². The Morgan fingerprint density at radius 3 is 2.71 bits per heavy atom. The van der Waals surface area contributed by atoms with Crippen LogP contribution in [0.15, 0.2) is 53.9 Å². The Balaban J connectivity index is 1.72. The zero-order valence-corrected chi connectivity index (χ0v) is 14.4. The van der Waals surface area contributed by atoms with Gasteiger partial charge in [0.2, 0.25) is 0 Å². The molecule has 3 rings (SSSR count). The molecule has 24 heavy (non-hydrogen) atoms. The average Bonchev–Trinajstić information content (AvgIpc) is 3.23. The maximum absolute atomic E-state index is 12.4. The Kier molecular flexibility index (Phi) is 4.51. The first-order valence-electron chi connectivity index (χ1n) is 7.64. The topological polar surface area (TPSA) is 67.2 Å². The van der Waals surface area contributed by atoms with E-state index in [1.165, 1.54) is 11.3 Å². The highest BCUT2D eigenvalue weighted by atomic mass is 32.1. The fraction of sp³-hybridized carbons (Fsp3) is 0.222. The van der Waals surface area contributed by atoms with Crippen molar-refractivity contribution < 1.29 is 9.90 Å². The van der Waals surface area contributed by atoms with Gasteiger partial charge < -0.3 is 10.4 Å². The number of aryl methyl sites for hydroxylation is 1. The number of nitrogens with one attached hydrogen (secondary N) is 1. The quantitative estimate of drug-likeness (QED) is 0.750. The van der Waals surface area contributed by atoms with E-state index < -0.39 is 5.60 Å². The predicted molar refractivity (Wildman–Crippen MR) is 94.5 cm³/mol. The van der Waals surface area contributed by atoms with Crippen LogP contribution in [0.3, 0.4) is 0 Å². The monoisotopic (exact) mass is 341 g/mol. The number of hydrogen-bond donors (Lipinski definition) is 2. The number of carbonyl (C=O) groups excluding carboxylic acids is 1. The maximum Gasteiger partial charge on any atom is 0.271 e. The molecule has 6 heteroatoms. The third kappa shape index (κ3) is 3.39. The molecule has 1 amide bonds. The molecular weight excluding hydrogens is 322 g/mol. The van der Waals surface area contributed by atoms with Crippen LogP contribution >= 0.6 is 11.3 Å². The minimum atomic E-state index is -1.10. The summed E-state index contributed by atoms with van der Waals surface area (Å²) < 4.78 is 1.73. The number of rotatable bonds is 5. The Bertz CT molecular complexity index is 823. The fourth-order valence-corrected chi connectivity index (χ4v) is 3.22. The second-order valence-electron chi connectivity index (χ2n) is 5.85. The molecule has 124 valence electrons. The first kappa shape index (κ1) is 16.4. The first-order valence-corrected chi connectivity index (χ1v) is 8.52. The summed E-state index contributed by atoms with van der Waals surface area (Å²) in [6.45, 7) is 3.72. The summed E-state index contributed by atoms with van der Waals surface area (Å²) in [4.78, 5) is 13.2. The van der Waals surface area contributed by atoms with Crippen molar-refractivity contribution in [2.24, 2.45) is 0 Å². The van der Waals surface area contributed by atoms with E-state index in [2.05, 4.69) is 10.4 Å². The van der Waals surface area contributed by atoms with Gasteiger partial charge in [-0.25, -0.2) is 4.68 Å².